The molecule has 1 unspecified atom stereocenters. The van der Waals surface area contributed by atoms with E-state index in [-0.39, 0.29) is 16.9 Å². The SMILES string of the molecule is CNC(Cc1cccc(Cl)c1F)c1cccc(Br)c1C. The van der Waals surface area contributed by atoms with E-state index in [2.05, 4.69) is 34.2 Å². The van der Waals surface area contributed by atoms with Crippen LogP contribution in [0.15, 0.2) is 40.9 Å². The van der Waals surface area contributed by atoms with Crippen molar-refractivity contribution in [3.05, 3.63) is 68.4 Å². The van der Waals surface area contributed by atoms with E-state index in [1.165, 1.54) is 0 Å². The van der Waals surface area contributed by atoms with Crippen LogP contribution in [0.25, 0.3) is 0 Å². The van der Waals surface area contributed by atoms with Gasteiger partial charge in [-0.05, 0) is 49.2 Å². The fourth-order valence-corrected chi connectivity index (χ4v) is 2.87. The predicted octanol–water partition coefficient (Wildman–Crippen LogP) is 5.05. The number of benzene rings is 2. The lowest BCUT2D eigenvalue weighted by Crippen LogP contribution is -2.20. The lowest BCUT2D eigenvalue weighted by Gasteiger charge is -2.20. The van der Waals surface area contributed by atoms with Gasteiger partial charge in [0.15, 0.2) is 0 Å². The summed E-state index contributed by atoms with van der Waals surface area (Å²) in [4.78, 5) is 0. The van der Waals surface area contributed by atoms with Crippen molar-refractivity contribution in [2.75, 3.05) is 7.05 Å². The Bertz CT molecular complexity index is 615. The molecule has 0 saturated carbocycles. The molecule has 4 heteroatoms. The van der Waals surface area contributed by atoms with Gasteiger partial charge in [-0.3, -0.25) is 0 Å². The van der Waals surface area contributed by atoms with Crippen molar-refractivity contribution in [1.82, 2.24) is 5.32 Å². The molecule has 0 bridgehead atoms. The smallest absolute Gasteiger partial charge is 0.145 e. The van der Waals surface area contributed by atoms with Gasteiger partial charge in [0.25, 0.3) is 0 Å². The largest absolute Gasteiger partial charge is 0.313 e. The molecule has 0 amide bonds. The number of hydrogen-bond acceptors (Lipinski definition) is 1. The van der Waals surface area contributed by atoms with Gasteiger partial charge in [-0.1, -0.05) is 51.8 Å². The van der Waals surface area contributed by atoms with Crippen LogP contribution in [0.1, 0.15) is 22.7 Å². The molecule has 0 aliphatic rings. The Hall–Kier alpha value is -0.900. The van der Waals surface area contributed by atoms with Crippen LogP contribution in [0.5, 0.6) is 0 Å². The van der Waals surface area contributed by atoms with Crippen LogP contribution in [0.4, 0.5) is 4.39 Å². The number of nitrogens with one attached hydrogen (secondary N) is 1. The highest BCUT2D eigenvalue weighted by Crippen LogP contribution is 2.28. The molecule has 2 rings (SSSR count). The maximum Gasteiger partial charge on any atom is 0.145 e. The quantitative estimate of drug-likeness (QED) is 0.808. The normalized spacial score (nSPS) is 12.4. The summed E-state index contributed by atoms with van der Waals surface area (Å²) in [5, 5.41) is 3.42. The molecular formula is C16H16BrClFN. The molecular weight excluding hydrogens is 341 g/mol. The van der Waals surface area contributed by atoms with Crippen molar-refractivity contribution in [1.29, 1.82) is 0 Å². The monoisotopic (exact) mass is 355 g/mol. The van der Waals surface area contributed by atoms with Gasteiger partial charge in [0, 0.05) is 10.5 Å². The first kappa shape index (κ1) is 15.5. The summed E-state index contributed by atoms with van der Waals surface area (Å²) >= 11 is 9.37. The van der Waals surface area contributed by atoms with E-state index in [0.29, 0.717) is 12.0 Å². The molecule has 20 heavy (non-hydrogen) atoms. The Kier molecular flexibility index (Phi) is 5.19. The minimum Gasteiger partial charge on any atom is -0.313 e. The molecule has 0 heterocycles. The van der Waals surface area contributed by atoms with Crippen molar-refractivity contribution in [2.45, 2.75) is 19.4 Å². The minimum absolute atomic E-state index is 0.0421. The lowest BCUT2D eigenvalue weighted by molar-refractivity contribution is 0.552. The van der Waals surface area contributed by atoms with Crippen LogP contribution in [0.3, 0.4) is 0 Å². The first-order valence-corrected chi connectivity index (χ1v) is 7.57. The van der Waals surface area contributed by atoms with E-state index in [1.54, 1.807) is 18.2 Å². The van der Waals surface area contributed by atoms with Crippen molar-refractivity contribution < 1.29 is 4.39 Å². The van der Waals surface area contributed by atoms with E-state index >= 15 is 0 Å². The van der Waals surface area contributed by atoms with Gasteiger partial charge in [-0.15, -0.1) is 0 Å². The highest BCUT2D eigenvalue weighted by molar-refractivity contribution is 9.10. The molecule has 0 radical (unpaired) electrons. The summed E-state index contributed by atoms with van der Waals surface area (Å²) in [6.45, 7) is 2.05. The Labute approximate surface area is 132 Å². The molecule has 0 aliphatic heterocycles. The molecule has 2 aromatic rings. The number of halogens is 3. The minimum atomic E-state index is -0.331. The number of hydrogen-bond donors (Lipinski definition) is 1. The fourth-order valence-electron chi connectivity index (χ4n) is 2.30. The van der Waals surface area contributed by atoms with Gasteiger partial charge in [-0.2, -0.15) is 0 Å². The summed E-state index contributed by atoms with van der Waals surface area (Å²) in [7, 11) is 1.88. The van der Waals surface area contributed by atoms with Crippen LogP contribution in [0.2, 0.25) is 5.02 Å². The van der Waals surface area contributed by atoms with Crippen LogP contribution < -0.4 is 5.32 Å². The van der Waals surface area contributed by atoms with Crippen LogP contribution >= 0.6 is 27.5 Å². The summed E-state index contributed by atoms with van der Waals surface area (Å²) in [6, 6.07) is 11.2. The molecule has 106 valence electrons. The molecule has 1 atom stereocenters. The van der Waals surface area contributed by atoms with Gasteiger partial charge in [0.2, 0.25) is 0 Å². The molecule has 1 N–H and O–H groups in total. The zero-order valence-corrected chi connectivity index (χ0v) is 13.7. The van der Waals surface area contributed by atoms with Gasteiger partial charge in [0.1, 0.15) is 5.82 Å². The third-order valence-electron chi connectivity index (χ3n) is 3.49. The van der Waals surface area contributed by atoms with Crippen LogP contribution in [-0.2, 0) is 6.42 Å². The highest BCUT2D eigenvalue weighted by Gasteiger charge is 2.16. The maximum absolute atomic E-state index is 14.0. The van der Waals surface area contributed by atoms with Crippen molar-refractivity contribution in [2.24, 2.45) is 0 Å². The molecule has 0 spiro atoms. The summed E-state index contributed by atoms with van der Waals surface area (Å²) in [5.74, 6) is -0.331. The predicted molar refractivity (Wildman–Crippen MR) is 85.8 cm³/mol. The third kappa shape index (κ3) is 3.22. The Morgan fingerprint density at radius 1 is 1.25 bits per heavy atom. The highest BCUT2D eigenvalue weighted by atomic mass is 79.9. The topological polar surface area (TPSA) is 12.0 Å². The second-order valence-electron chi connectivity index (χ2n) is 4.71. The first-order valence-electron chi connectivity index (χ1n) is 6.39. The Balaban J connectivity index is 2.34. The summed E-state index contributed by atoms with van der Waals surface area (Å²) in [6.07, 6.45) is 0.556. The summed E-state index contributed by atoms with van der Waals surface area (Å²) < 4.78 is 15.1. The second-order valence-corrected chi connectivity index (χ2v) is 5.97. The van der Waals surface area contributed by atoms with Gasteiger partial charge in [0.05, 0.1) is 5.02 Å². The fraction of sp³-hybridized carbons (Fsp3) is 0.250. The van der Waals surface area contributed by atoms with E-state index in [4.69, 9.17) is 11.6 Å². The Morgan fingerprint density at radius 2 is 1.95 bits per heavy atom. The van der Waals surface area contributed by atoms with Crippen molar-refractivity contribution >= 4 is 27.5 Å². The van der Waals surface area contributed by atoms with E-state index < -0.39 is 0 Å². The zero-order valence-electron chi connectivity index (χ0n) is 11.4. The van der Waals surface area contributed by atoms with E-state index in [0.717, 1.165) is 15.6 Å². The average molecular weight is 357 g/mol. The first-order chi connectivity index (χ1) is 9.54. The molecule has 1 nitrogen and oxygen atoms in total. The summed E-state index contributed by atoms with van der Waals surface area (Å²) in [5.41, 5.74) is 2.94. The van der Waals surface area contributed by atoms with Crippen molar-refractivity contribution in [3.8, 4) is 0 Å². The Morgan fingerprint density at radius 3 is 2.65 bits per heavy atom. The van der Waals surface area contributed by atoms with Gasteiger partial charge < -0.3 is 5.32 Å². The van der Waals surface area contributed by atoms with Gasteiger partial charge >= 0.3 is 0 Å². The number of rotatable bonds is 4. The van der Waals surface area contributed by atoms with Crippen LogP contribution in [-0.4, -0.2) is 7.05 Å². The second kappa shape index (κ2) is 6.70. The molecule has 2 aromatic carbocycles. The van der Waals surface area contributed by atoms with Gasteiger partial charge in [-0.25, -0.2) is 4.39 Å². The molecule has 0 aliphatic carbocycles. The maximum atomic E-state index is 14.0. The zero-order chi connectivity index (χ0) is 14.7. The third-order valence-corrected chi connectivity index (χ3v) is 4.64. The standard InChI is InChI=1S/C16H16BrClFN/c1-10-12(6-4-7-13(10)17)15(20-2)9-11-5-3-8-14(18)16(11)19/h3-8,15,20H,9H2,1-2H3. The molecule has 0 saturated heterocycles. The van der Waals surface area contributed by atoms with E-state index in [1.807, 2.05) is 19.2 Å². The lowest BCUT2D eigenvalue weighted by atomic mass is 9.95. The number of likely N-dealkylation sites (N-methyl/N-ethyl adjacent to an activating group) is 1. The molecule has 0 aromatic heterocycles. The van der Waals surface area contributed by atoms with Crippen LogP contribution in [0, 0.1) is 12.7 Å². The average Bonchev–Trinajstić information content (AvgIpc) is 2.44. The van der Waals surface area contributed by atoms with E-state index in [9.17, 15) is 4.39 Å². The van der Waals surface area contributed by atoms with Crippen molar-refractivity contribution in [3.63, 3.8) is 0 Å². The molecule has 0 fully saturated rings.